The van der Waals surface area contributed by atoms with Crippen LogP contribution in [0.2, 0.25) is 5.02 Å². The molecule has 7 nitrogen and oxygen atoms in total. The van der Waals surface area contributed by atoms with Gasteiger partial charge in [0.25, 0.3) is 0 Å². The summed E-state index contributed by atoms with van der Waals surface area (Å²) in [5, 5.41) is 3.64. The number of nitrogens with one attached hydrogen (secondary N) is 1. The van der Waals surface area contributed by atoms with Gasteiger partial charge in [-0.25, -0.2) is 12.8 Å². The second-order valence-corrected chi connectivity index (χ2v) is 13.1. The molecule has 0 saturated heterocycles. The van der Waals surface area contributed by atoms with Crippen LogP contribution in [-0.4, -0.2) is 50.0 Å². The number of benzene rings is 3. The number of hydrogen-bond acceptors (Lipinski definition) is 4. The Bertz CT molecular complexity index is 1430. The standard InChI is InChI=1S/C32H37ClFN3O4S/c1-42(40,41)37(29-19-15-26(33)16-20-29)21-7-12-31(38)36(23-25-13-17-27(34)18-14-25)30(22-24-8-3-2-4-9-24)32(39)35-28-10-5-6-11-28/h2-4,8-9,13-20,28,30H,5-7,10-12,21-23H2,1H3,(H,35,39)/t30-/m1/s1. The molecule has 1 fully saturated rings. The van der Waals surface area contributed by atoms with Crippen molar-refractivity contribution in [1.29, 1.82) is 0 Å². The molecule has 2 amide bonds. The number of carbonyl (C=O) groups excluding carboxylic acids is 2. The molecule has 0 spiro atoms. The summed E-state index contributed by atoms with van der Waals surface area (Å²) in [6.07, 6.45) is 5.59. The Morgan fingerprint density at radius 3 is 2.21 bits per heavy atom. The predicted octanol–water partition coefficient (Wildman–Crippen LogP) is 5.72. The third kappa shape index (κ3) is 9.03. The summed E-state index contributed by atoms with van der Waals surface area (Å²) in [5.74, 6) is -0.897. The molecule has 1 saturated carbocycles. The quantitative estimate of drug-likeness (QED) is 0.267. The normalized spacial score (nSPS) is 14.4. The fourth-order valence-electron chi connectivity index (χ4n) is 5.32. The zero-order valence-corrected chi connectivity index (χ0v) is 25.3. The summed E-state index contributed by atoms with van der Waals surface area (Å²) in [5.41, 5.74) is 2.05. The van der Waals surface area contributed by atoms with E-state index in [-0.39, 0.29) is 49.6 Å². The molecule has 3 aromatic rings. The molecule has 224 valence electrons. The molecule has 4 rings (SSSR count). The van der Waals surface area contributed by atoms with E-state index < -0.39 is 16.1 Å². The van der Waals surface area contributed by atoms with Crippen LogP contribution < -0.4 is 9.62 Å². The summed E-state index contributed by atoms with van der Waals surface area (Å²) < 4.78 is 40.1. The van der Waals surface area contributed by atoms with Crippen molar-refractivity contribution in [1.82, 2.24) is 10.2 Å². The lowest BCUT2D eigenvalue weighted by molar-refractivity contribution is -0.141. The Kier molecular flexibility index (Phi) is 11.0. The minimum absolute atomic E-state index is 0.0167. The molecule has 3 aromatic carbocycles. The monoisotopic (exact) mass is 613 g/mol. The molecule has 42 heavy (non-hydrogen) atoms. The molecular formula is C32H37ClFN3O4S. The second-order valence-electron chi connectivity index (χ2n) is 10.8. The summed E-state index contributed by atoms with van der Waals surface area (Å²) in [6.45, 7) is 0.190. The Morgan fingerprint density at radius 1 is 0.952 bits per heavy atom. The van der Waals surface area contributed by atoms with Crippen molar-refractivity contribution in [3.8, 4) is 0 Å². The zero-order valence-electron chi connectivity index (χ0n) is 23.7. The first-order valence-corrected chi connectivity index (χ1v) is 16.4. The van der Waals surface area contributed by atoms with Gasteiger partial charge in [0.05, 0.1) is 11.9 Å². The highest BCUT2D eigenvalue weighted by atomic mass is 35.5. The fraction of sp³-hybridized carbons (Fsp3) is 0.375. The van der Waals surface area contributed by atoms with E-state index in [0.717, 1.165) is 37.5 Å². The van der Waals surface area contributed by atoms with Crippen molar-refractivity contribution >= 4 is 39.1 Å². The van der Waals surface area contributed by atoms with Gasteiger partial charge in [-0.3, -0.25) is 13.9 Å². The van der Waals surface area contributed by atoms with Gasteiger partial charge in [0.15, 0.2) is 0 Å². The first-order valence-electron chi connectivity index (χ1n) is 14.2. The van der Waals surface area contributed by atoms with E-state index in [2.05, 4.69) is 5.32 Å². The molecule has 1 N–H and O–H groups in total. The fourth-order valence-corrected chi connectivity index (χ4v) is 6.41. The molecule has 0 heterocycles. The van der Waals surface area contributed by atoms with Crippen LogP contribution in [0.5, 0.6) is 0 Å². The van der Waals surface area contributed by atoms with Crippen molar-refractivity contribution in [3.05, 3.63) is 101 Å². The van der Waals surface area contributed by atoms with Gasteiger partial charge in [-0.2, -0.15) is 0 Å². The zero-order chi connectivity index (χ0) is 30.1. The highest BCUT2D eigenvalue weighted by Gasteiger charge is 2.32. The van der Waals surface area contributed by atoms with Crippen LogP contribution in [0.25, 0.3) is 0 Å². The average Bonchev–Trinajstić information content (AvgIpc) is 3.47. The Morgan fingerprint density at radius 2 is 1.60 bits per heavy atom. The SMILES string of the molecule is CS(=O)(=O)N(CCCC(=O)N(Cc1ccc(F)cc1)[C@H](Cc1ccccc1)C(=O)NC1CCCC1)c1ccc(Cl)cc1. The first kappa shape index (κ1) is 31.5. The van der Waals surface area contributed by atoms with E-state index in [0.29, 0.717) is 22.7 Å². The van der Waals surface area contributed by atoms with Gasteiger partial charge in [0.2, 0.25) is 21.8 Å². The van der Waals surface area contributed by atoms with E-state index in [4.69, 9.17) is 11.6 Å². The van der Waals surface area contributed by atoms with Gasteiger partial charge in [-0.05, 0) is 66.8 Å². The summed E-state index contributed by atoms with van der Waals surface area (Å²) in [4.78, 5) is 29.2. The van der Waals surface area contributed by atoms with Crippen LogP contribution in [-0.2, 0) is 32.6 Å². The number of hydrogen-bond donors (Lipinski definition) is 1. The average molecular weight is 614 g/mol. The minimum atomic E-state index is -3.62. The molecular weight excluding hydrogens is 577 g/mol. The van der Waals surface area contributed by atoms with E-state index in [1.165, 1.54) is 16.4 Å². The van der Waals surface area contributed by atoms with Crippen molar-refractivity contribution in [2.24, 2.45) is 0 Å². The number of sulfonamides is 1. The summed E-state index contributed by atoms with van der Waals surface area (Å²) in [7, 11) is -3.62. The molecule has 0 radical (unpaired) electrons. The van der Waals surface area contributed by atoms with E-state index in [1.54, 1.807) is 41.3 Å². The highest BCUT2D eigenvalue weighted by molar-refractivity contribution is 7.92. The van der Waals surface area contributed by atoms with E-state index >= 15 is 0 Å². The molecule has 1 aliphatic carbocycles. The first-order chi connectivity index (χ1) is 20.1. The van der Waals surface area contributed by atoms with Gasteiger partial charge in [-0.15, -0.1) is 0 Å². The van der Waals surface area contributed by atoms with Crippen LogP contribution >= 0.6 is 11.6 Å². The summed E-state index contributed by atoms with van der Waals surface area (Å²) in [6, 6.07) is 21.1. The number of anilines is 1. The minimum Gasteiger partial charge on any atom is -0.352 e. The molecule has 10 heteroatoms. The predicted molar refractivity (Wildman–Crippen MR) is 164 cm³/mol. The van der Waals surface area contributed by atoms with Crippen molar-refractivity contribution in [3.63, 3.8) is 0 Å². The third-order valence-electron chi connectivity index (χ3n) is 7.51. The molecule has 1 aliphatic rings. The van der Waals surface area contributed by atoms with E-state index in [9.17, 15) is 22.4 Å². The van der Waals surface area contributed by atoms with Gasteiger partial charge in [-0.1, -0.05) is 66.9 Å². The molecule has 0 unspecified atom stereocenters. The summed E-state index contributed by atoms with van der Waals surface area (Å²) >= 11 is 5.98. The van der Waals surface area contributed by atoms with Crippen LogP contribution in [0, 0.1) is 5.82 Å². The van der Waals surface area contributed by atoms with Gasteiger partial charge in [0.1, 0.15) is 11.9 Å². The highest BCUT2D eigenvalue weighted by Crippen LogP contribution is 2.23. The number of rotatable bonds is 13. The molecule has 0 aromatic heterocycles. The lowest BCUT2D eigenvalue weighted by Gasteiger charge is -2.33. The maximum atomic E-state index is 13.9. The second kappa shape index (κ2) is 14.6. The number of halogens is 2. The number of carbonyl (C=O) groups is 2. The Balaban J connectivity index is 1.57. The number of nitrogens with zero attached hydrogens (tertiary/aromatic N) is 2. The Hall–Kier alpha value is -3.43. The van der Waals surface area contributed by atoms with Gasteiger partial charge < -0.3 is 10.2 Å². The van der Waals surface area contributed by atoms with Crippen LogP contribution in [0.1, 0.15) is 49.7 Å². The van der Waals surface area contributed by atoms with Crippen molar-refractivity contribution in [2.75, 3.05) is 17.1 Å². The van der Waals surface area contributed by atoms with Crippen LogP contribution in [0.15, 0.2) is 78.9 Å². The van der Waals surface area contributed by atoms with Crippen molar-refractivity contribution < 1.29 is 22.4 Å². The van der Waals surface area contributed by atoms with E-state index in [1.807, 2.05) is 30.3 Å². The lowest BCUT2D eigenvalue weighted by atomic mass is 10.0. The van der Waals surface area contributed by atoms with Gasteiger partial charge >= 0.3 is 0 Å². The smallest absolute Gasteiger partial charge is 0.243 e. The van der Waals surface area contributed by atoms with Gasteiger partial charge in [0, 0.05) is 37.0 Å². The lowest BCUT2D eigenvalue weighted by Crippen LogP contribution is -2.52. The maximum absolute atomic E-state index is 13.9. The van der Waals surface area contributed by atoms with Crippen LogP contribution in [0.4, 0.5) is 10.1 Å². The molecule has 0 bridgehead atoms. The number of amides is 2. The Labute approximate surface area is 252 Å². The van der Waals surface area contributed by atoms with Crippen molar-refractivity contribution in [2.45, 2.75) is 63.6 Å². The molecule has 0 aliphatic heterocycles. The van der Waals surface area contributed by atoms with Crippen LogP contribution in [0.3, 0.4) is 0 Å². The molecule has 1 atom stereocenters. The third-order valence-corrected chi connectivity index (χ3v) is 8.95. The maximum Gasteiger partial charge on any atom is 0.243 e. The largest absolute Gasteiger partial charge is 0.352 e. The topological polar surface area (TPSA) is 86.8 Å².